The van der Waals surface area contributed by atoms with Crippen LogP contribution < -0.4 is 11.1 Å². The fourth-order valence-electron chi connectivity index (χ4n) is 1.40. The molecule has 1 aromatic carbocycles. The largest absolute Gasteiger partial charge is 0.465 e. The van der Waals surface area contributed by atoms with Crippen LogP contribution in [0.4, 0.5) is 4.39 Å². The number of methoxy groups -OCH3 is 1. The van der Waals surface area contributed by atoms with Gasteiger partial charge in [-0.3, -0.25) is 4.79 Å². The predicted octanol–water partition coefficient (Wildman–Crippen LogP) is -0.452. The molecule has 104 valence electrons. The van der Waals surface area contributed by atoms with Crippen LogP contribution in [0, 0.1) is 5.82 Å². The average Bonchev–Trinajstić information content (AvgIpc) is 2.37. The topological polar surface area (TPSA) is 102 Å². The van der Waals surface area contributed by atoms with E-state index in [4.69, 9.17) is 10.8 Å². The standard InChI is InChI=1S/C12H15FN2O4/c1-19-12(18)8-3-2-7(4-9(8)13)5-15-6-10(16)11(14)17/h2-4,10,15-16H,5-6H2,1H3,(H2,14,17). The average molecular weight is 270 g/mol. The number of hydrogen-bond donors (Lipinski definition) is 3. The molecule has 0 bridgehead atoms. The lowest BCUT2D eigenvalue weighted by Crippen LogP contribution is -2.37. The molecular weight excluding hydrogens is 255 g/mol. The molecule has 6 nitrogen and oxygen atoms in total. The number of aliphatic hydroxyl groups excluding tert-OH is 1. The summed E-state index contributed by atoms with van der Waals surface area (Å²) < 4.78 is 18.0. The summed E-state index contributed by atoms with van der Waals surface area (Å²) in [5.74, 6) is -2.28. The van der Waals surface area contributed by atoms with Crippen molar-refractivity contribution in [2.75, 3.05) is 13.7 Å². The molecule has 0 aliphatic rings. The second-order valence-electron chi connectivity index (χ2n) is 3.85. The van der Waals surface area contributed by atoms with Crippen LogP contribution in [0.3, 0.4) is 0 Å². The second kappa shape index (κ2) is 6.81. The molecule has 1 unspecified atom stereocenters. The van der Waals surface area contributed by atoms with Crippen LogP contribution in [0.15, 0.2) is 18.2 Å². The van der Waals surface area contributed by atoms with Crippen molar-refractivity contribution in [3.63, 3.8) is 0 Å². The van der Waals surface area contributed by atoms with Crippen molar-refractivity contribution in [2.45, 2.75) is 12.6 Å². The van der Waals surface area contributed by atoms with Crippen molar-refractivity contribution in [1.29, 1.82) is 0 Å². The predicted molar refractivity (Wildman–Crippen MR) is 64.6 cm³/mol. The highest BCUT2D eigenvalue weighted by atomic mass is 19.1. The smallest absolute Gasteiger partial charge is 0.340 e. The highest BCUT2D eigenvalue weighted by molar-refractivity contribution is 5.89. The van der Waals surface area contributed by atoms with E-state index in [1.54, 1.807) is 6.07 Å². The van der Waals surface area contributed by atoms with Crippen molar-refractivity contribution >= 4 is 11.9 Å². The number of nitrogens with two attached hydrogens (primary N) is 1. The molecule has 4 N–H and O–H groups in total. The van der Waals surface area contributed by atoms with Crippen molar-refractivity contribution in [2.24, 2.45) is 5.73 Å². The summed E-state index contributed by atoms with van der Waals surface area (Å²) in [5, 5.41) is 11.9. The Morgan fingerprint density at radius 1 is 1.53 bits per heavy atom. The second-order valence-corrected chi connectivity index (χ2v) is 3.85. The lowest BCUT2D eigenvalue weighted by Gasteiger charge is -2.09. The number of hydrogen-bond acceptors (Lipinski definition) is 5. The van der Waals surface area contributed by atoms with E-state index >= 15 is 0 Å². The number of rotatable bonds is 6. The molecule has 1 rings (SSSR count). The molecule has 0 spiro atoms. The Bertz CT molecular complexity index is 479. The zero-order valence-electron chi connectivity index (χ0n) is 10.4. The van der Waals surface area contributed by atoms with Gasteiger partial charge in [-0.2, -0.15) is 0 Å². The Hall–Kier alpha value is -1.99. The van der Waals surface area contributed by atoms with Crippen LogP contribution in [-0.2, 0) is 16.1 Å². The first-order valence-electron chi connectivity index (χ1n) is 5.50. The molecule has 7 heteroatoms. The van der Waals surface area contributed by atoms with Gasteiger partial charge in [-0.15, -0.1) is 0 Å². The van der Waals surface area contributed by atoms with Gasteiger partial charge in [0.1, 0.15) is 11.9 Å². The maximum atomic E-state index is 13.5. The Balaban J connectivity index is 2.59. The molecular formula is C12H15FN2O4. The summed E-state index contributed by atoms with van der Waals surface area (Å²) in [7, 11) is 1.17. The molecule has 0 aliphatic carbocycles. The highest BCUT2D eigenvalue weighted by Gasteiger charge is 2.13. The van der Waals surface area contributed by atoms with Crippen LogP contribution in [0.2, 0.25) is 0 Å². The van der Waals surface area contributed by atoms with Crippen LogP contribution in [0.1, 0.15) is 15.9 Å². The Labute approximate surface area is 109 Å². The Morgan fingerprint density at radius 3 is 2.74 bits per heavy atom. The number of halogens is 1. The van der Waals surface area contributed by atoms with E-state index in [2.05, 4.69) is 10.1 Å². The summed E-state index contributed by atoms with van der Waals surface area (Å²) in [6, 6.07) is 4.03. The van der Waals surface area contributed by atoms with Gasteiger partial charge in [0.2, 0.25) is 5.91 Å². The van der Waals surface area contributed by atoms with Crippen LogP contribution in [-0.4, -0.2) is 36.7 Å². The quantitative estimate of drug-likeness (QED) is 0.608. The van der Waals surface area contributed by atoms with Gasteiger partial charge in [0.05, 0.1) is 12.7 Å². The third-order valence-corrected chi connectivity index (χ3v) is 2.43. The number of primary amides is 1. The molecule has 1 aromatic rings. The molecule has 0 saturated carbocycles. The van der Waals surface area contributed by atoms with E-state index in [9.17, 15) is 14.0 Å². The SMILES string of the molecule is COC(=O)c1ccc(CNCC(O)C(N)=O)cc1F. The number of carbonyl (C=O) groups is 2. The summed E-state index contributed by atoms with van der Waals surface area (Å²) >= 11 is 0. The maximum absolute atomic E-state index is 13.5. The summed E-state index contributed by atoms with van der Waals surface area (Å²) in [4.78, 5) is 21.7. The van der Waals surface area contributed by atoms with E-state index in [1.165, 1.54) is 19.2 Å². The summed E-state index contributed by atoms with van der Waals surface area (Å²) in [6.45, 7) is 0.193. The minimum Gasteiger partial charge on any atom is -0.465 e. The van der Waals surface area contributed by atoms with Gasteiger partial charge in [0.25, 0.3) is 0 Å². The van der Waals surface area contributed by atoms with E-state index < -0.39 is 23.8 Å². The van der Waals surface area contributed by atoms with Crippen molar-refractivity contribution in [3.8, 4) is 0 Å². The third-order valence-electron chi connectivity index (χ3n) is 2.43. The van der Waals surface area contributed by atoms with Gasteiger partial charge in [-0.1, -0.05) is 6.07 Å². The molecule has 1 atom stereocenters. The lowest BCUT2D eigenvalue weighted by atomic mass is 10.1. The number of nitrogens with one attached hydrogen (secondary N) is 1. The first kappa shape index (κ1) is 15.1. The molecule has 19 heavy (non-hydrogen) atoms. The van der Waals surface area contributed by atoms with Crippen molar-refractivity contribution < 1.29 is 23.8 Å². The molecule has 0 radical (unpaired) electrons. The maximum Gasteiger partial charge on any atom is 0.340 e. The minimum atomic E-state index is -1.29. The molecule has 0 fully saturated rings. The van der Waals surface area contributed by atoms with Crippen molar-refractivity contribution in [3.05, 3.63) is 35.1 Å². The van der Waals surface area contributed by atoms with E-state index in [-0.39, 0.29) is 18.7 Å². The number of esters is 1. The molecule has 0 saturated heterocycles. The summed E-state index contributed by atoms with van der Waals surface area (Å²) in [6.07, 6.45) is -1.29. The zero-order valence-corrected chi connectivity index (χ0v) is 10.4. The normalized spacial score (nSPS) is 11.9. The van der Waals surface area contributed by atoms with Gasteiger partial charge in [-0.05, 0) is 17.7 Å². The zero-order chi connectivity index (χ0) is 14.4. The molecule has 1 amide bonds. The third kappa shape index (κ3) is 4.31. The lowest BCUT2D eigenvalue weighted by molar-refractivity contribution is -0.125. The number of benzene rings is 1. The van der Waals surface area contributed by atoms with Crippen LogP contribution in [0.5, 0.6) is 0 Å². The van der Waals surface area contributed by atoms with E-state index in [0.717, 1.165) is 0 Å². The molecule has 0 aliphatic heterocycles. The first-order valence-corrected chi connectivity index (χ1v) is 5.50. The van der Waals surface area contributed by atoms with Gasteiger partial charge in [-0.25, -0.2) is 9.18 Å². The van der Waals surface area contributed by atoms with Crippen LogP contribution >= 0.6 is 0 Å². The Morgan fingerprint density at radius 2 is 2.21 bits per heavy atom. The van der Waals surface area contributed by atoms with Crippen molar-refractivity contribution in [1.82, 2.24) is 5.32 Å². The number of aliphatic hydroxyl groups is 1. The molecule has 0 heterocycles. The fraction of sp³-hybridized carbons (Fsp3) is 0.333. The van der Waals surface area contributed by atoms with Gasteiger partial charge in [0, 0.05) is 13.1 Å². The minimum absolute atomic E-state index is 0.0320. The number of amides is 1. The highest BCUT2D eigenvalue weighted by Crippen LogP contribution is 2.11. The number of ether oxygens (including phenoxy) is 1. The summed E-state index contributed by atoms with van der Waals surface area (Å²) in [5.41, 5.74) is 5.28. The number of carbonyl (C=O) groups excluding carboxylic acids is 2. The monoisotopic (exact) mass is 270 g/mol. The van der Waals surface area contributed by atoms with Gasteiger partial charge >= 0.3 is 5.97 Å². The Kier molecular flexibility index (Phi) is 5.40. The van der Waals surface area contributed by atoms with Crippen LogP contribution in [0.25, 0.3) is 0 Å². The first-order chi connectivity index (χ1) is 8.95. The van der Waals surface area contributed by atoms with Gasteiger partial charge < -0.3 is 20.9 Å². The molecule has 0 aromatic heterocycles. The van der Waals surface area contributed by atoms with E-state index in [0.29, 0.717) is 5.56 Å². The van der Waals surface area contributed by atoms with Gasteiger partial charge in [0.15, 0.2) is 0 Å². The van der Waals surface area contributed by atoms with E-state index in [1.807, 2.05) is 0 Å². The fourth-order valence-corrected chi connectivity index (χ4v) is 1.40.